The number of H-pyrrole nitrogens is 1. The second-order valence-corrected chi connectivity index (χ2v) is 6.67. The van der Waals surface area contributed by atoms with Crippen molar-refractivity contribution >= 4 is 11.8 Å². The molecule has 0 bridgehead atoms. The topological polar surface area (TPSA) is 112 Å². The SMILES string of the molecule is CCOc1ccc(CN2CCNC(=O)C2CC(=O)NCc2n[nH]c(C)n2)cc1. The maximum atomic E-state index is 12.4. The molecule has 1 unspecified atom stereocenters. The van der Waals surface area contributed by atoms with E-state index in [0.29, 0.717) is 37.9 Å². The average Bonchev–Trinajstić information content (AvgIpc) is 3.10. The van der Waals surface area contributed by atoms with Crippen molar-refractivity contribution in [2.45, 2.75) is 39.4 Å². The molecule has 1 aromatic heterocycles. The predicted molar refractivity (Wildman–Crippen MR) is 102 cm³/mol. The van der Waals surface area contributed by atoms with Crippen molar-refractivity contribution in [3.05, 3.63) is 41.5 Å². The van der Waals surface area contributed by atoms with E-state index in [1.54, 1.807) is 6.92 Å². The average molecular weight is 386 g/mol. The van der Waals surface area contributed by atoms with E-state index in [9.17, 15) is 9.59 Å². The second kappa shape index (κ2) is 9.32. The summed E-state index contributed by atoms with van der Waals surface area (Å²) in [5.41, 5.74) is 1.07. The fourth-order valence-corrected chi connectivity index (χ4v) is 3.16. The molecule has 3 N–H and O–H groups in total. The number of aromatic amines is 1. The Labute approximate surface area is 163 Å². The third kappa shape index (κ3) is 5.29. The van der Waals surface area contributed by atoms with E-state index in [1.807, 2.05) is 36.1 Å². The highest BCUT2D eigenvalue weighted by Gasteiger charge is 2.31. The molecule has 1 atom stereocenters. The molecular formula is C19H26N6O3. The Bertz CT molecular complexity index is 804. The van der Waals surface area contributed by atoms with Gasteiger partial charge in [-0.2, -0.15) is 5.10 Å². The lowest BCUT2D eigenvalue weighted by Crippen LogP contribution is -2.56. The first-order chi connectivity index (χ1) is 13.5. The number of hydrogen-bond donors (Lipinski definition) is 3. The summed E-state index contributed by atoms with van der Waals surface area (Å²) in [6.07, 6.45) is 0.0896. The van der Waals surface area contributed by atoms with Gasteiger partial charge in [-0.05, 0) is 31.5 Å². The smallest absolute Gasteiger partial charge is 0.237 e. The van der Waals surface area contributed by atoms with E-state index in [4.69, 9.17) is 4.74 Å². The number of amides is 2. The zero-order chi connectivity index (χ0) is 19.9. The summed E-state index contributed by atoms with van der Waals surface area (Å²) >= 11 is 0. The van der Waals surface area contributed by atoms with E-state index in [0.717, 1.165) is 11.3 Å². The van der Waals surface area contributed by atoms with Gasteiger partial charge in [0.1, 0.15) is 11.6 Å². The van der Waals surface area contributed by atoms with E-state index >= 15 is 0 Å². The van der Waals surface area contributed by atoms with Gasteiger partial charge in [-0.3, -0.25) is 19.6 Å². The summed E-state index contributed by atoms with van der Waals surface area (Å²) in [5.74, 6) is 1.70. The van der Waals surface area contributed by atoms with Crippen LogP contribution in [0.25, 0.3) is 0 Å². The van der Waals surface area contributed by atoms with Gasteiger partial charge in [0.15, 0.2) is 5.82 Å². The molecule has 1 saturated heterocycles. The van der Waals surface area contributed by atoms with Gasteiger partial charge in [0.25, 0.3) is 0 Å². The van der Waals surface area contributed by atoms with Crippen molar-refractivity contribution in [1.82, 2.24) is 30.7 Å². The minimum absolute atomic E-state index is 0.0896. The summed E-state index contributed by atoms with van der Waals surface area (Å²) in [6, 6.07) is 7.31. The first kappa shape index (κ1) is 19.8. The quantitative estimate of drug-likeness (QED) is 0.610. The maximum Gasteiger partial charge on any atom is 0.237 e. The summed E-state index contributed by atoms with van der Waals surface area (Å²) in [7, 11) is 0. The Morgan fingerprint density at radius 2 is 2.14 bits per heavy atom. The molecule has 1 fully saturated rings. The molecule has 9 heteroatoms. The molecule has 0 aliphatic carbocycles. The largest absolute Gasteiger partial charge is 0.494 e. The number of nitrogens with one attached hydrogen (secondary N) is 3. The monoisotopic (exact) mass is 386 g/mol. The van der Waals surface area contributed by atoms with Crippen LogP contribution in [0.4, 0.5) is 0 Å². The van der Waals surface area contributed by atoms with Crippen molar-refractivity contribution in [1.29, 1.82) is 0 Å². The van der Waals surface area contributed by atoms with Crippen LogP contribution in [0.15, 0.2) is 24.3 Å². The van der Waals surface area contributed by atoms with E-state index in [2.05, 4.69) is 25.8 Å². The number of aromatic nitrogens is 3. The molecule has 0 saturated carbocycles. The van der Waals surface area contributed by atoms with Gasteiger partial charge in [-0.15, -0.1) is 0 Å². The molecule has 9 nitrogen and oxygen atoms in total. The Kier molecular flexibility index (Phi) is 6.59. The van der Waals surface area contributed by atoms with E-state index in [1.165, 1.54) is 0 Å². The Hall–Kier alpha value is -2.94. The number of benzene rings is 1. The molecule has 3 rings (SSSR count). The number of rotatable bonds is 8. The van der Waals surface area contributed by atoms with Crippen LogP contribution in [-0.2, 0) is 22.7 Å². The van der Waals surface area contributed by atoms with Gasteiger partial charge < -0.3 is 15.4 Å². The Morgan fingerprint density at radius 3 is 2.82 bits per heavy atom. The fraction of sp³-hybridized carbons (Fsp3) is 0.474. The van der Waals surface area contributed by atoms with Gasteiger partial charge in [0.05, 0.1) is 25.6 Å². The van der Waals surface area contributed by atoms with Crippen molar-refractivity contribution in [3.63, 3.8) is 0 Å². The van der Waals surface area contributed by atoms with Crippen LogP contribution >= 0.6 is 0 Å². The molecule has 1 aliphatic heterocycles. The van der Waals surface area contributed by atoms with Gasteiger partial charge >= 0.3 is 0 Å². The second-order valence-electron chi connectivity index (χ2n) is 6.67. The zero-order valence-electron chi connectivity index (χ0n) is 16.2. The lowest BCUT2D eigenvalue weighted by molar-refractivity contribution is -0.134. The van der Waals surface area contributed by atoms with Crippen molar-refractivity contribution in [3.8, 4) is 5.75 Å². The number of ether oxygens (including phenoxy) is 1. The molecule has 28 heavy (non-hydrogen) atoms. The lowest BCUT2D eigenvalue weighted by Gasteiger charge is -2.34. The molecule has 150 valence electrons. The maximum absolute atomic E-state index is 12.4. The highest BCUT2D eigenvalue weighted by Crippen LogP contribution is 2.17. The number of carbonyl (C=O) groups is 2. The molecule has 0 radical (unpaired) electrons. The van der Waals surface area contributed by atoms with Gasteiger partial charge in [0, 0.05) is 19.6 Å². The standard InChI is InChI=1S/C19H26N6O3/c1-3-28-15-6-4-14(5-7-15)12-25-9-8-20-19(27)16(25)10-18(26)21-11-17-22-13(2)23-24-17/h4-7,16H,3,8-12H2,1-2H3,(H,20,27)(H,21,26)(H,22,23,24). The lowest BCUT2D eigenvalue weighted by atomic mass is 10.1. The van der Waals surface area contributed by atoms with Gasteiger partial charge in [0.2, 0.25) is 11.8 Å². The highest BCUT2D eigenvalue weighted by molar-refractivity contribution is 5.88. The van der Waals surface area contributed by atoms with Crippen LogP contribution < -0.4 is 15.4 Å². The van der Waals surface area contributed by atoms with Crippen molar-refractivity contribution < 1.29 is 14.3 Å². The van der Waals surface area contributed by atoms with Crippen LogP contribution in [0.2, 0.25) is 0 Å². The number of carbonyl (C=O) groups excluding carboxylic acids is 2. The van der Waals surface area contributed by atoms with Crippen molar-refractivity contribution in [2.75, 3.05) is 19.7 Å². The molecule has 0 spiro atoms. The highest BCUT2D eigenvalue weighted by atomic mass is 16.5. The third-order valence-electron chi connectivity index (χ3n) is 4.53. The molecule has 1 aromatic carbocycles. The summed E-state index contributed by atoms with van der Waals surface area (Å²) in [5, 5.41) is 12.3. The normalized spacial score (nSPS) is 17.2. The third-order valence-corrected chi connectivity index (χ3v) is 4.53. The van der Waals surface area contributed by atoms with Crippen LogP contribution in [0.3, 0.4) is 0 Å². The predicted octanol–water partition coefficient (Wildman–Crippen LogP) is 0.519. The Morgan fingerprint density at radius 1 is 1.36 bits per heavy atom. The van der Waals surface area contributed by atoms with Gasteiger partial charge in [-0.25, -0.2) is 4.98 Å². The molecule has 2 amide bonds. The van der Waals surface area contributed by atoms with Crippen LogP contribution in [0.5, 0.6) is 5.75 Å². The number of piperazine rings is 1. The minimum atomic E-state index is -0.505. The van der Waals surface area contributed by atoms with Crippen LogP contribution in [-0.4, -0.2) is 57.6 Å². The van der Waals surface area contributed by atoms with E-state index < -0.39 is 6.04 Å². The van der Waals surface area contributed by atoms with Crippen LogP contribution in [0, 0.1) is 6.92 Å². The fourth-order valence-electron chi connectivity index (χ4n) is 3.16. The number of nitrogens with zero attached hydrogens (tertiary/aromatic N) is 3. The van der Waals surface area contributed by atoms with Crippen molar-refractivity contribution in [2.24, 2.45) is 0 Å². The minimum Gasteiger partial charge on any atom is -0.494 e. The molecule has 2 aromatic rings. The first-order valence-electron chi connectivity index (χ1n) is 9.43. The summed E-state index contributed by atoms with van der Waals surface area (Å²) in [4.78, 5) is 30.9. The first-order valence-corrected chi connectivity index (χ1v) is 9.43. The number of aryl methyl sites for hydroxylation is 1. The summed E-state index contributed by atoms with van der Waals surface area (Å²) < 4.78 is 5.46. The van der Waals surface area contributed by atoms with Gasteiger partial charge in [-0.1, -0.05) is 12.1 Å². The van der Waals surface area contributed by atoms with E-state index in [-0.39, 0.29) is 24.8 Å². The molecule has 1 aliphatic rings. The number of hydrogen-bond acceptors (Lipinski definition) is 6. The Balaban J connectivity index is 1.58. The van der Waals surface area contributed by atoms with Crippen LogP contribution in [0.1, 0.15) is 30.6 Å². The zero-order valence-corrected chi connectivity index (χ0v) is 16.2. The summed E-state index contributed by atoms with van der Waals surface area (Å²) in [6.45, 7) is 6.45. The molecule has 2 heterocycles. The molecular weight excluding hydrogens is 360 g/mol.